The average Bonchev–Trinajstić information content (AvgIpc) is 2.69. The summed E-state index contributed by atoms with van der Waals surface area (Å²) >= 11 is 0. The van der Waals surface area contributed by atoms with Crippen molar-refractivity contribution in [2.75, 3.05) is 21.3 Å². The molecule has 0 saturated heterocycles. The lowest BCUT2D eigenvalue weighted by Gasteiger charge is -2.36. The van der Waals surface area contributed by atoms with E-state index in [0.717, 1.165) is 18.6 Å². The highest BCUT2D eigenvalue weighted by molar-refractivity contribution is 5.98. The monoisotopic (exact) mass is 400 g/mol. The molecule has 0 aromatic heterocycles. The molecule has 0 unspecified atom stereocenters. The first kappa shape index (κ1) is 22.5. The third-order valence-corrected chi connectivity index (χ3v) is 5.38. The van der Waals surface area contributed by atoms with Gasteiger partial charge in [0.1, 0.15) is 0 Å². The maximum Gasteiger partial charge on any atom is 0.271 e. The minimum Gasteiger partial charge on any atom is -0.493 e. The van der Waals surface area contributed by atoms with Crippen molar-refractivity contribution in [3.63, 3.8) is 0 Å². The Morgan fingerprint density at radius 2 is 1.79 bits per heavy atom. The Balaban J connectivity index is 2.14. The second-order valence-electron chi connectivity index (χ2n) is 7.92. The smallest absolute Gasteiger partial charge is 0.271 e. The summed E-state index contributed by atoms with van der Waals surface area (Å²) in [6, 6.07) is 3.19. The molecule has 0 fully saturated rings. The molecule has 0 heterocycles. The molecule has 158 valence electrons. The van der Waals surface area contributed by atoms with Gasteiger partial charge in [0.05, 0.1) is 27.0 Å². The van der Waals surface area contributed by atoms with Gasteiger partial charge in [-0.25, -0.2) is 5.43 Å². The first-order valence-electron chi connectivity index (χ1n) is 9.73. The third-order valence-electron chi connectivity index (χ3n) is 5.38. The molecule has 29 heavy (non-hydrogen) atoms. The van der Waals surface area contributed by atoms with Crippen LogP contribution in [0.1, 0.15) is 50.9 Å². The van der Waals surface area contributed by atoms with Gasteiger partial charge < -0.3 is 14.2 Å². The Morgan fingerprint density at radius 3 is 2.31 bits per heavy atom. The average molecular weight is 401 g/mol. The lowest BCUT2D eigenvalue weighted by atomic mass is 9.68. The number of hydrogen-bond acceptors (Lipinski definition) is 5. The van der Waals surface area contributed by atoms with Crippen LogP contribution in [0.5, 0.6) is 17.2 Å². The van der Waals surface area contributed by atoms with Gasteiger partial charge in [-0.15, -0.1) is 0 Å². The third kappa shape index (κ3) is 5.40. The molecule has 1 amide bonds. The molecule has 0 radical (unpaired) electrons. The molecule has 1 aromatic carbocycles. The van der Waals surface area contributed by atoms with Crippen LogP contribution in [0, 0.1) is 11.3 Å². The molecule has 0 bridgehead atoms. The van der Waals surface area contributed by atoms with Crippen LogP contribution in [-0.4, -0.2) is 32.9 Å². The lowest BCUT2D eigenvalue weighted by molar-refractivity contribution is 0.0954. The van der Waals surface area contributed by atoms with Gasteiger partial charge in [-0.3, -0.25) is 4.79 Å². The second-order valence-corrected chi connectivity index (χ2v) is 7.92. The highest BCUT2D eigenvalue weighted by Crippen LogP contribution is 2.41. The minimum atomic E-state index is -0.355. The fourth-order valence-electron chi connectivity index (χ4n) is 3.67. The summed E-state index contributed by atoms with van der Waals surface area (Å²) in [6.45, 7) is 8.61. The molecule has 0 saturated carbocycles. The van der Waals surface area contributed by atoms with E-state index in [0.29, 0.717) is 28.7 Å². The Bertz CT molecular complexity index is 812. The Hall–Kier alpha value is -2.76. The summed E-state index contributed by atoms with van der Waals surface area (Å²) in [5.41, 5.74) is 5.28. The predicted octanol–water partition coefficient (Wildman–Crippen LogP) is 4.76. The normalized spacial score (nSPS) is 18.9. The van der Waals surface area contributed by atoms with Gasteiger partial charge in [-0.05, 0) is 50.3 Å². The maximum atomic E-state index is 12.5. The van der Waals surface area contributed by atoms with Gasteiger partial charge >= 0.3 is 0 Å². The highest BCUT2D eigenvalue weighted by atomic mass is 16.5. The van der Waals surface area contributed by atoms with E-state index in [1.165, 1.54) is 26.9 Å². The number of nitrogens with zero attached hydrogens (tertiary/aromatic N) is 1. The number of hydrogen-bond donors (Lipinski definition) is 1. The lowest BCUT2D eigenvalue weighted by Crippen LogP contribution is -2.26. The van der Waals surface area contributed by atoms with Crippen molar-refractivity contribution < 1.29 is 19.0 Å². The number of allylic oxidation sites excluding steroid dienone is 4. The van der Waals surface area contributed by atoms with Gasteiger partial charge in [-0.2, -0.15) is 5.10 Å². The fourth-order valence-corrected chi connectivity index (χ4v) is 3.67. The van der Waals surface area contributed by atoms with Crippen molar-refractivity contribution in [3.8, 4) is 17.2 Å². The van der Waals surface area contributed by atoms with Crippen LogP contribution in [0.4, 0.5) is 0 Å². The molecule has 6 nitrogen and oxygen atoms in total. The van der Waals surface area contributed by atoms with E-state index in [2.05, 4.69) is 43.5 Å². The van der Waals surface area contributed by atoms with Crippen molar-refractivity contribution in [3.05, 3.63) is 41.5 Å². The van der Waals surface area contributed by atoms with Crippen LogP contribution in [0.25, 0.3) is 0 Å². The molecule has 1 aliphatic carbocycles. The molecule has 0 aliphatic heterocycles. The molecule has 1 aromatic rings. The number of nitrogens with one attached hydrogen (secondary N) is 1. The standard InChI is InChI=1S/C23H32N2O4/c1-15-9-8-12-23(3,4)18(15)11-10-16(2)24-25-22(26)17-13-19(27-5)21(29-7)20(14-17)28-6/h9-11,13-14,18H,8,12H2,1-7H3,(H,25,26)/b11-10+,24-16-/t18-/m0/s1. The summed E-state index contributed by atoms with van der Waals surface area (Å²) in [5.74, 6) is 1.28. The molecule has 1 atom stereocenters. The van der Waals surface area contributed by atoms with Gasteiger partial charge in [-0.1, -0.05) is 31.6 Å². The van der Waals surface area contributed by atoms with Gasteiger partial charge in [0.25, 0.3) is 5.91 Å². The summed E-state index contributed by atoms with van der Waals surface area (Å²) in [5, 5.41) is 4.21. The van der Waals surface area contributed by atoms with Crippen LogP contribution < -0.4 is 19.6 Å². The summed E-state index contributed by atoms with van der Waals surface area (Å²) in [4.78, 5) is 12.5. The summed E-state index contributed by atoms with van der Waals surface area (Å²) in [7, 11) is 4.54. The molecule has 1 N–H and O–H groups in total. The van der Waals surface area contributed by atoms with Crippen molar-refractivity contribution in [2.45, 2.75) is 40.5 Å². The van der Waals surface area contributed by atoms with Crippen LogP contribution in [-0.2, 0) is 0 Å². The predicted molar refractivity (Wildman–Crippen MR) is 116 cm³/mol. The number of ether oxygens (including phenoxy) is 3. The Kier molecular flexibility index (Phi) is 7.48. The van der Waals surface area contributed by atoms with Crippen LogP contribution in [0.15, 0.2) is 41.0 Å². The first-order chi connectivity index (χ1) is 13.7. The van der Waals surface area contributed by atoms with Crippen molar-refractivity contribution in [1.29, 1.82) is 0 Å². The second kappa shape index (κ2) is 9.63. The van der Waals surface area contributed by atoms with E-state index in [4.69, 9.17) is 14.2 Å². The zero-order valence-corrected chi connectivity index (χ0v) is 18.5. The van der Waals surface area contributed by atoms with E-state index in [1.54, 1.807) is 12.1 Å². The SMILES string of the molecule is COc1cc(C(=O)N/N=C(C)\C=C\[C@H]2C(C)=CCCC2(C)C)cc(OC)c1OC. The van der Waals surface area contributed by atoms with E-state index >= 15 is 0 Å². The van der Waals surface area contributed by atoms with E-state index in [9.17, 15) is 4.79 Å². The maximum absolute atomic E-state index is 12.5. The highest BCUT2D eigenvalue weighted by Gasteiger charge is 2.30. The van der Waals surface area contributed by atoms with Crippen LogP contribution in [0.2, 0.25) is 0 Å². The van der Waals surface area contributed by atoms with Crippen molar-refractivity contribution in [2.24, 2.45) is 16.4 Å². The number of hydrazone groups is 1. The zero-order chi connectivity index (χ0) is 21.6. The molecule has 0 spiro atoms. The molecular weight excluding hydrogens is 368 g/mol. The number of rotatable bonds is 7. The largest absolute Gasteiger partial charge is 0.493 e. The number of carbonyl (C=O) groups excluding carboxylic acids is 1. The number of benzene rings is 1. The zero-order valence-electron chi connectivity index (χ0n) is 18.5. The fraction of sp³-hybridized carbons (Fsp3) is 0.478. The Labute approximate surface area is 173 Å². The molecule has 2 rings (SSSR count). The van der Waals surface area contributed by atoms with Crippen molar-refractivity contribution in [1.82, 2.24) is 5.43 Å². The van der Waals surface area contributed by atoms with Crippen LogP contribution in [0.3, 0.4) is 0 Å². The van der Waals surface area contributed by atoms with E-state index in [1.807, 2.05) is 13.0 Å². The first-order valence-corrected chi connectivity index (χ1v) is 9.73. The summed E-state index contributed by atoms with van der Waals surface area (Å²) in [6.07, 6.45) is 8.73. The Morgan fingerprint density at radius 1 is 1.17 bits per heavy atom. The van der Waals surface area contributed by atoms with Crippen LogP contribution >= 0.6 is 0 Å². The number of carbonyl (C=O) groups is 1. The topological polar surface area (TPSA) is 69.2 Å². The molecule has 1 aliphatic rings. The number of amides is 1. The van der Waals surface area contributed by atoms with E-state index in [-0.39, 0.29) is 11.3 Å². The quantitative estimate of drug-likeness (QED) is 0.407. The van der Waals surface area contributed by atoms with Gasteiger partial charge in [0, 0.05) is 11.5 Å². The molecular formula is C23H32N2O4. The van der Waals surface area contributed by atoms with Crippen molar-refractivity contribution >= 4 is 11.6 Å². The van der Waals surface area contributed by atoms with E-state index < -0.39 is 0 Å². The molecule has 6 heteroatoms. The minimum absolute atomic E-state index is 0.217. The van der Waals surface area contributed by atoms with Gasteiger partial charge in [0.2, 0.25) is 5.75 Å². The summed E-state index contributed by atoms with van der Waals surface area (Å²) < 4.78 is 15.9. The van der Waals surface area contributed by atoms with Gasteiger partial charge in [0.15, 0.2) is 11.5 Å². The number of methoxy groups -OCH3 is 3.